The van der Waals surface area contributed by atoms with E-state index in [0.717, 1.165) is 6.20 Å². The van der Waals surface area contributed by atoms with Crippen molar-refractivity contribution in [2.75, 3.05) is 5.73 Å². The normalized spacial score (nSPS) is 10.2. The summed E-state index contributed by atoms with van der Waals surface area (Å²) < 4.78 is 37.7. The molecule has 14 heavy (non-hydrogen) atoms. The van der Waals surface area contributed by atoms with Crippen LogP contribution >= 0.6 is 0 Å². The second kappa shape index (κ2) is 3.96. The molecular formula is C8H6F3N3. The molecule has 1 aromatic rings. The van der Waals surface area contributed by atoms with Gasteiger partial charge in [0.1, 0.15) is 5.69 Å². The Morgan fingerprint density at radius 1 is 1.57 bits per heavy atom. The maximum Gasteiger partial charge on any atom is 0.280 e. The summed E-state index contributed by atoms with van der Waals surface area (Å²) in [5, 5.41) is 8.31. The zero-order valence-corrected chi connectivity index (χ0v) is 6.97. The fourth-order valence-corrected chi connectivity index (χ4v) is 0.996. The Morgan fingerprint density at radius 2 is 2.21 bits per heavy atom. The number of alkyl halides is 2. The smallest absolute Gasteiger partial charge is 0.280 e. The Hall–Kier alpha value is -1.77. The standard InChI is InChI=1S/C8H6F3N3/c9-6-4(1-2-12)7(8(10)11)14-3-5(6)13/h3,8H,1,13H2. The van der Waals surface area contributed by atoms with Gasteiger partial charge in [-0.2, -0.15) is 5.26 Å². The van der Waals surface area contributed by atoms with Crippen LogP contribution in [0.3, 0.4) is 0 Å². The van der Waals surface area contributed by atoms with Gasteiger partial charge in [0.25, 0.3) is 6.43 Å². The number of pyridine rings is 1. The number of aromatic nitrogens is 1. The topological polar surface area (TPSA) is 62.7 Å². The molecule has 0 aliphatic heterocycles. The van der Waals surface area contributed by atoms with Gasteiger partial charge >= 0.3 is 0 Å². The highest BCUT2D eigenvalue weighted by Crippen LogP contribution is 2.25. The van der Waals surface area contributed by atoms with Crippen molar-refractivity contribution in [3.05, 3.63) is 23.3 Å². The molecule has 0 amide bonds. The molecule has 6 heteroatoms. The molecule has 1 rings (SSSR count). The van der Waals surface area contributed by atoms with Gasteiger partial charge in [0.05, 0.1) is 24.4 Å². The summed E-state index contributed by atoms with van der Waals surface area (Å²) in [6, 6.07) is 1.58. The molecule has 2 N–H and O–H groups in total. The van der Waals surface area contributed by atoms with Gasteiger partial charge in [0.2, 0.25) is 0 Å². The molecule has 0 aliphatic carbocycles. The van der Waals surface area contributed by atoms with Crippen LogP contribution in [0, 0.1) is 17.1 Å². The van der Waals surface area contributed by atoms with E-state index in [0.29, 0.717) is 0 Å². The molecule has 0 unspecified atom stereocenters. The average molecular weight is 201 g/mol. The molecule has 0 radical (unpaired) electrons. The highest BCUT2D eigenvalue weighted by atomic mass is 19.3. The van der Waals surface area contributed by atoms with Crippen molar-refractivity contribution in [1.82, 2.24) is 4.98 Å². The summed E-state index contributed by atoms with van der Waals surface area (Å²) >= 11 is 0. The number of nitrogens with zero attached hydrogens (tertiary/aromatic N) is 2. The molecule has 0 aliphatic rings. The number of rotatable bonds is 2. The van der Waals surface area contributed by atoms with E-state index in [2.05, 4.69) is 4.98 Å². The van der Waals surface area contributed by atoms with E-state index in [1.54, 1.807) is 6.07 Å². The summed E-state index contributed by atoms with van der Waals surface area (Å²) in [6.07, 6.45) is -2.56. The molecule has 1 heterocycles. The van der Waals surface area contributed by atoms with E-state index >= 15 is 0 Å². The first-order valence-corrected chi connectivity index (χ1v) is 3.65. The first-order valence-electron chi connectivity index (χ1n) is 3.65. The molecule has 0 aromatic carbocycles. The van der Waals surface area contributed by atoms with Crippen molar-refractivity contribution < 1.29 is 13.2 Å². The van der Waals surface area contributed by atoms with Gasteiger partial charge in [0, 0.05) is 5.56 Å². The third-order valence-corrected chi connectivity index (χ3v) is 1.63. The lowest BCUT2D eigenvalue weighted by atomic mass is 10.1. The highest BCUT2D eigenvalue weighted by Gasteiger charge is 2.19. The van der Waals surface area contributed by atoms with E-state index in [4.69, 9.17) is 11.0 Å². The predicted molar refractivity (Wildman–Crippen MR) is 42.9 cm³/mol. The van der Waals surface area contributed by atoms with Crippen LogP contribution in [0.15, 0.2) is 6.20 Å². The van der Waals surface area contributed by atoms with Crippen LogP contribution in [0.5, 0.6) is 0 Å². The Bertz CT molecular complexity index is 384. The minimum Gasteiger partial charge on any atom is -0.395 e. The fraction of sp³-hybridized carbons (Fsp3) is 0.250. The van der Waals surface area contributed by atoms with Gasteiger partial charge in [0.15, 0.2) is 5.82 Å². The van der Waals surface area contributed by atoms with Crippen molar-refractivity contribution in [3.8, 4) is 6.07 Å². The van der Waals surface area contributed by atoms with Crippen molar-refractivity contribution >= 4 is 5.69 Å². The van der Waals surface area contributed by atoms with E-state index < -0.39 is 29.9 Å². The SMILES string of the molecule is N#CCc1c(C(F)F)ncc(N)c1F. The van der Waals surface area contributed by atoms with Crippen LogP contribution in [-0.2, 0) is 6.42 Å². The van der Waals surface area contributed by atoms with Gasteiger partial charge in [-0.1, -0.05) is 0 Å². The average Bonchev–Trinajstić information content (AvgIpc) is 2.13. The lowest BCUT2D eigenvalue weighted by Crippen LogP contribution is -2.05. The zero-order valence-electron chi connectivity index (χ0n) is 6.97. The summed E-state index contributed by atoms with van der Waals surface area (Å²) in [5.74, 6) is -0.989. The Labute approximate surface area is 78.0 Å². The van der Waals surface area contributed by atoms with Gasteiger partial charge in [-0.15, -0.1) is 0 Å². The minimum absolute atomic E-state index is 0.334. The van der Waals surface area contributed by atoms with Crippen LogP contribution < -0.4 is 5.73 Å². The van der Waals surface area contributed by atoms with Gasteiger partial charge in [-0.3, -0.25) is 4.98 Å². The molecule has 0 spiro atoms. The van der Waals surface area contributed by atoms with Crippen molar-refractivity contribution in [2.24, 2.45) is 0 Å². The third kappa shape index (κ3) is 1.76. The predicted octanol–water partition coefficient (Wildman–Crippen LogP) is 1.81. The van der Waals surface area contributed by atoms with Crippen LogP contribution in [0.1, 0.15) is 17.7 Å². The molecule has 3 nitrogen and oxygen atoms in total. The molecule has 1 aromatic heterocycles. The van der Waals surface area contributed by atoms with Crippen LogP contribution in [0.2, 0.25) is 0 Å². The molecule has 74 valence electrons. The van der Waals surface area contributed by atoms with Crippen LogP contribution in [0.25, 0.3) is 0 Å². The summed E-state index contributed by atoms with van der Waals surface area (Å²) in [5.41, 5.74) is 3.64. The third-order valence-electron chi connectivity index (χ3n) is 1.63. The fourth-order valence-electron chi connectivity index (χ4n) is 0.996. The Kier molecular flexibility index (Phi) is 2.92. The summed E-state index contributed by atoms with van der Waals surface area (Å²) in [4.78, 5) is 3.29. The van der Waals surface area contributed by atoms with Gasteiger partial charge < -0.3 is 5.73 Å². The number of nitrogen functional groups attached to an aromatic ring is 1. The first kappa shape index (κ1) is 10.3. The van der Waals surface area contributed by atoms with Crippen molar-refractivity contribution in [2.45, 2.75) is 12.8 Å². The molecule has 0 fully saturated rings. The number of halogens is 3. The number of nitrogens with two attached hydrogens (primary N) is 1. The van der Waals surface area contributed by atoms with E-state index in [9.17, 15) is 13.2 Å². The van der Waals surface area contributed by atoms with E-state index in [-0.39, 0.29) is 5.69 Å². The lowest BCUT2D eigenvalue weighted by Gasteiger charge is -2.07. The van der Waals surface area contributed by atoms with Crippen LogP contribution in [-0.4, -0.2) is 4.98 Å². The van der Waals surface area contributed by atoms with E-state index in [1.165, 1.54) is 0 Å². The monoisotopic (exact) mass is 201 g/mol. The minimum atomic E-state index is -2.91. The number of anilines is 1. The second-order valence-electron chi connectivity index (χ2n) is 2.53. The van der Waals surface area contributed by atoms with Crippen molar-refractivity contribution in [3.63, 3.8) is 0 Å². The maximum atomic E-state index is 13.2. The molecule has 0 bridgehead atoms. The van der Waals surface area contributed by atoms with Crippen molar-refractivity contribution in [1.29, 1.82) is 5.26 Å². The number of hydrogen-bond donors (Lipinski definition) is 1. The quantitative estimate of drug-likeness (QED) is 0.793. The summed E-state index contributed by atoms with van der Waals surface area (Å²) in [6.45, 7) is 0. The molecule has 0 saturated heterocycles. The van der Waals surface area contributed by atoms with Gasteiger partial charge in [-0.25, -0.2) is 13.2 Å². The van der Waals surface area contributed by atoms with E-state index in [1.807, 2.05) is 0 Å². The first-order chi connectivity index (χ1) is 6.57. The largest absolute Gasteiger partial charge is 0.395 e. The highest BCUT2D eigenvalue weighted by molar-refractivity contribution is 5.43. The van der Waals surface area contributed by atoms with Crippen LogP contribution in [0.4, 0.5) is 18.9 Å². The molecule has 0 atom stereocenters. The van der Waals surface area contributed by atoms with Gasteiger partial charge in [-0.05, 0) is 0 Å². The molecular weight excluding hydrogens is 195 g/mol. The lowest BCUT2D eigenvalue weighted by molar-refractivity contribution is 0.144. The number of nitriles is 1. The number of hydrogen-bond acceptors (Lipinski definition) is 3. The Morgan fingerprint density at radius 3 is 2.71 bits per heavy atom. The zero-order chi connectivity index (χ0) is 10.7. The second-order valence-corrected chi connectivity index (χ2v) is 2.53. The Balaban J connectivity index is 3.31. The summed E-state index contributed by atoms with van der Waals surface area (Å²) in [7, 11) is 0. The molecule has 0 saturated carbocycles. The maximum absolute atomic E-state index is 13.2.